The molecule has 6 atom stereocenters. The first-order chi connectivity index (χ1) is 65.3. The number of anilines is 3. The number of carbonyl (C=O) groups excluding carboxylic acids is 3. The number of ether oxygens (including phenoxy) is 2. The van der Waals surface area contributed by atoms with E-state index in [1.807, 2.05) is 26.8 Å². The van der Waals surface area contributed by atoms with E-state index in [0.29, 0.717) is 85.9 Å². The Balaban J connectivity index is 0.000000203. The smallest absolute Gasteiger partial charge is 1.00 e. The third-order valence-corrected chi connectivity index (χ3v) is 24.9. The number of Topliss-reactive ketones (excluding diaryl/α,β-unsaturated/α-hetero) is 2. The van der Waals surface area contributed by atoms with E-state index in [1.165, 1.54) is 127 Å². The number of hydrogen-bond acceptors (Lipinski definition) is 30. The summed E-state index contributed by atoms with van der Waals surface area (Å²) in [7, 11) is 0. The van der Waals surface area contributed by atoms with Crippen LogP contribution in [0.25, 0.3) is 35.7 Å². The number of rotatable bonds is 23. The van der Waals surface area contributed by atoms with E-state index >= 15 is 26.3 Å². The molecule has 3 saturated heterocycles. The standard InChI is InChI=1S/C34H27F3N6O2S.C30H22ClF3N6OS.C26H22F3N7OS.C4H6O.CH2O3.2Cs.H/c1-2-3-11-45-31-18-38-29(17-39-31)28(37)13-22-9-10-27(36)26(12-22)34-21-43(33-40-15-25(35)16-41-33)19-24(34)20-46-32(42-34)14-30(44)23-7-5-4-6-8-23;31-27-14-35-25(13-36-27)24(34)9-18-6-7-23(33)22(8-18)30-17-40(29-37-11-21(32)12-38-29)15-20(30)16-42-28(39-30)10-26(41)19-4-2-1-3-5-19;1-2-3-6-37-23-12-31-22(11-32-23)21(29)8-16-4-5-20(28)19(7-16)26-15-36(25-33-9-18(27)10-34-25)13-17(26)14-38-24(30)35-26;1-2-3-4-5;2-1-4-3;;;/h4-10,12-13,15-18,24H,11,14,19-21H2,1H3;1-9,11-14,20H,10,15-17H2;4-5,7-12,17H,6,13-15H2,1H3,(H2,30,35);5H,4H2,1H3;1,3H;;;/q;;;;;2*+1;-1/p-1/b28-13-;24-9-;21-8-;;;;;/t24-,34-;20-,30-;17-,26-;;;;;/m000...../s1. The minimum Gasteiger partial charge on any atom is -1.00 e. The summed E-state index contributed by atoms with van der Waals surface area (Å²) in [6.45, 7) is 7.06. The zero-order valence-corrected chi connectivity index (χ0v) is 89.5. The molecule has 17 rings (SSSR count). The monoisotopic (exact) mass is 2180 g/mol. The van der Waals surface area contributed by atoms with Crippen molar-refractivity contribution in [1.82, 2.24) is 59.8 Å². The summed E-state index contributed by atoms with van der Waals surface area (Å²) >= 11 is 10.1. The fourth-order valence-corrected chi connectivity index (χ4v) is 18.9. The second kappa shape index (κ2) is 51.7. The fourth-order valence-electron chi connectivity index (χ4n) is 15.3. The number of carbonyl (C=O) groups is 3. The third-order valence-electron chi connectivity index (χ3n) is 21.5. The second-order valence-electron chi connectivity index (χ2n) is 30.0. The van der Waals surface area contributed by atoms with Crippen molar-refractivity contribution in [3.8, 4) is 47.3 Å². The average molecular weight is 2180 g/mol. The van der Waals surface area contributed by atoms with E-state index in [-0.39, 0.29) is 290 Å². The molecule has 6 aliphatic rings. The molecule has 0 bridgehead atoms. The summed E-state index contributed by atoms with van der Waals surface area (Å²) in [5.74, 6) is 12.8. The number of aliphatic hydroxyl groups is 1. The summed E-state index contributed by atoms with van der Waals surface area (Å²) in [6, 6.07) is 30.8. The SMILES string of the molecule is CC#CCO.CC#CCOc1cnc(/C(F)=C/c2ccc(F)c([C@]34CN(c5ncc(F)cn5)C[C@H]3CSC(CC(=O)c3ccccc3)=N4)c2)cn1.CC#CCOc1cnc(/C(F)=C/c2ccc(F)c([C@]34CN(c5ncc(F)cn5)C[C@H]3CSC(N)=N4)c2)cn1.O=C(CC1=N[C@@]2(c3cc(/C=C(\F)c4cnc(Cl)cn4)ccc3F)CN(c3ncc(F)cn3)C[C@H]2CS1)c1ccccc1.O=CO[O-].[Cs+].[Cs+].[H-]. The molecule has 0 aliphatic carbocycles. The molecule has 0 spiro atoms. The van der Waals surface area contributed by atoms with Gasteiger partial charge in [0.25, 0.3) is 6.47 Å². The number of nitrogens with zero attached hydrogens (tertiary/aromatic N) is 18. The zero-order valence-electron chi connectivity index (χ0n) is 74.8. The van der Waals surface area contributed by atoms with E-state index in [4.69, 9.17) is 56.9 Å². The van der Waals surface area contributed by atoms with Gasteiger partial charge in [-0.1, -0.05) is 120 Å². The molecule has 0 radical (unpaired) electrons. The normalized spacial score (nSPS) is 18.8. The van der Waals surface area contributed by atoms with E-state index < -0.39 is 69.0 Å². The molecule has 5 aromatic carbocycles. The average Bonchev–Trinajstić information content (AvgIpc) is 1.62. The Morgan fingerprint density at radius 3 is 1.12 bits per heavy atom. The minimum atomic E-state index is -1.14. The predicted octanol–water partition coefficient (Wildman–Crippen LogP) is 8.95. The van der Waals surface area contributed by atoms with E-state index in [2.05, 4.69) is 100 Å². The predicted molar refractivity (Wildman–Crippen MR) is 497 cm³/mol. The number of benzene rings is 5. The maximum absolute atomic E-state index is 15.9. The van der Waals surface area contributed by atoms with Gasteiger partial charge in [0.2, 0.25) is 29.6 Å². The number of ketones is 2. The topological polar surface area (TPSA) is 350 Å². The van der Waals surface area contributed by atoms with Crippen LogP contribution in [0.2, 0.25) is 5.15 Å². The summed E-state index contributed by atoms with van der Waals surface area (Å²) in [6.07, 6.45) is 17.9. The van der Waals surface area contributed by atoms with Gasteiger partial charge >= 0.3 is 138 Å². The summed E-state index contributed by atoms with van der Waals surface area (Å²) in [4.78, 5) is 107. The number of aromatic nitrogens is 12. The van der Waals surface area contributed by atoms with E-state index in [9.17, 15) is 22.8 Å². The van der Waals surface area contributed by atoms with Crippen molar-refractivity contribution in [3.63, 3.8) is 0 Å². The molecule has 0 unspecified atom stereocenters. The van der Waals surface area contributed by atoms with Crippen molar-refractivity contribution in [2.45, 2.75) is 50.2 Å². The molecule has 692 valence electrons. The number of nitrogens with two attached hydrogens (primary N) is 1. The van der Waals surface area contributed by atoms with Crippen LogP contribution in [0.1, 0.15) is 106 Å². The van der Waals surface area contributed by atoms with Crippen molar-refractivity contribution >= 4 is 134 Å². The van der Waals surface area contributed by atoms with Crippen LogP contribution >= 0.6 is 46.9 Å². The van der Waals surface area contributed by atoms with Gasteiger partial charge in [0.05, 0.1) is 117 Å². The number of thioether (sulfide) groups is 3. The number of halogens is 10. The van der Waals surface area contributed by atoms with Gasteiger partial charge in [0.15, 0.2) is 64.9 Å². The van der Waals surface area contributed by atoms with Crippen molar-refractivity contribution < 1.29 is 218 Å². The van der Waals surface area contributed by atoms with Crippen molar-refractivity contribution in [1.29, 1.82) is 0 Å². The zero-order chi connectivity index (χ0) is 95.6. The number of amidine groups is 1. The Kier molecular flexibility index (Phi) is 40.4. The molecule has 3 N–H and O–H groups in total. The number of aliphatic hydroxyl groups excluding tert-OH is 1. The Morgan fingerprint density at radius 2 is 0.818 bits per heavy atom. The van der Waals surface area contributed by atoms with E-state index in [0.717, 1.165) is 37.2 Å². The first-order valence-electron chi connectivity index (χ1n) is 41.0. The van der Waals surface area contributed by atoms with Crippen LogP contribution in [-0.4, -0.2) is 175 Å². The Morgan fingerprint density at radius 1 is 0.482 bits per heavy atom. The molecule has 11 aromatic rings. The molecule has 0 amide bonds. The van der Waals surface area contributed by atoms with Gasteiger partial charge < -0.3 is 46.6 Å². The molecular weight excluding hydrogens is 2100 g/mol. The number of aliphatic imine (C=N–C) groups is 3. The summed E-state index contributed by atoms with van der Waals surface area (Å²) < 4.78 is 144. The molecule has 3 fully saturated rings. The van der Waals surface area contributed by atoms with E-state index in [1.54, 1.807) is 87.5 Å². The maximum Gasteiger partial charge on any atom is 1.00 e. The second-order valence-corrected chi connectivity index (χ2v) is 33.7. The van der Waals surface area contributed by atoms with Crippen LogP contribution in [0.3, 0.4) is 0 Å². The number of fused-ring (bicyclic) bond motifs is 3. The Hall–Kier alpha value is -10.2. The van der Waals surface area contributed by atoms with Gasteiger partial charge in [0.1, 0.15) is 62.9 Å². The molecule has 137 heavy (non-hydrogen) atoms. The Labute approximate surface area is 917 Å². The molecular formula is C95H79ClCs2F9N19O8S3. The molecule has 12 heterocycles. The number of hydrogen-bond donors (Lipinski definition) is 2. The summed E-state index contributed by atoms with van der Waals surface area (Å²) in [5, 5.41) is 17.9. The van der Waals surface area contributed by atoms with Gasteiger partial charge in [0, 0.05) is 82.5 Å². The van der Waals surface area contributed by atoms with Crippen LogP contribution in [0, 0.1) is 88.2 Å². The first-order valence-corrected chi connectivity index (χ1v) is 44.4. The fraction of sp³-hybridized carbons (Fsp3) is 0.242. The maximum atomic E-state index is 15.9. The van der Waals surface area contributed by atoms with Crippen LogP contribution in [0.15, 0.2) is 205 Å². The van der Waals surface area contributed by atoms with Gasteiger partial charge in [-0.15, -0.1) is 41.3 Å². The molecule has 42 heteroatoms. The van der Waals surface area contributed by atoms with Crippen LogP contribution in [-0.2, 0) is 26.3 Å². The van der Waals surface area contributed by atoms with Crippen LogP contribution in [0.5, 0.6) is 11.8 Å². The largest absolute Gasteiger partial charge is 1.00 e. The quantitative estimate of drug-likeness (QED) is 0.0151. The molecule has 6 aliphatic heterocycles. The first kappa shape index (κ1) is 107. The van der Waals surface area contributed by atoms with Gasteiger partial charge in [-0.25, -0.2) is 104 Å². The third kappa shape index (κ3) is 27.9. The molecule has 0 saturated carbocycles. The van der Waals surface area contributed by atoms with Crippen LogP contribution < -0.4 is 173 Å². The molecule has 27 nitrogen and oxygen atoms in total. The van der Waals surface area contributed by atoms with Crippen molar-refractivity contribution in [3.05, 3.63) is 291 Å². The van der Waals surface area contributed by atoms with Crippen molar-refractivity contribution in [2.75, 3.05) is 91.0 Å². The van der Waals surface area contributed by atoms with Gasteiger partial charge in [-0.3, -0.25) is 24.4 Å². The van der Waals surface area contributed by atoms with Gasteiger partial charge in [-0.2, -0.15) is 0 Å². The van der Waals surface area contributed by atoms with Crippen LogP contribution in [0.4, 0.5) is 57.4 Å². The van der Waals surface area contributed by atoms with Gasteiger partial charge in [-0.05, 0) is 92.1 Å². The molecule has 6 aromatic heterocycles. The minimum absolute atomic E-state index is 0. The van der Waals surface area contributed by atoms with Crippen molar-refractivity contribution in [2.24, 2.45) is 38.5 Å². The summed E-state index contributed by atoms with van der Waals surface area (Å²) in [5.41, 5.74) is 5.84. The Bertz CT molecular complexity index is 6500.